The van der Waals surface area contributed by atoms with Gasteiger partial charge in [0.25, 0.3) is 5.91 Å². The molecular weight excluding hydrogens is 364 g/mol. The molecule has 0 spiro atoms. The van der Waals surface area contributed by atoms with E-state index in [0.29, 0.717) is 16.8 Å². The minimum absolute atomic E-state index is 0.186. The number of nitrogens with zero attached hydrogens (tertiary/aromatic N) is 1. The fraction of sp³-hybridized carbons (Fsp3) is 0.0833. The van der Waals surface area contributed by atoms with Gasteiger partial charge >= 0.3 is 0 Å². The van der Waals surface area contributed by atoms with Gasteiger partial charge in [0.2, 0.25) is 0 Å². The first-order valence-corrected chi connectivity index (χ1v) is 9.24. The Kier molecular flexibility index (Phi) is 4.87. The normalized spacial score (nSPS) is 11.2. The second kappa shape index (κ2) is 7.64. The Hall–Kier alpha value is -3.86. The highest BCUT2D eigenvalue weighted by Crippen LogP contribution is 2.25. The quantitative estimate of drug-likeness (QED) is 0.439. The lowest BCUT2D eigenvalue weighted by atomic mass is 10.1. The minimum Gasteiger partial charge on any atom is -0.507 e. The first kappa shape index (κ1) is 18.5. The van der Waals surface area contributed by atoms with Gasteiger partial charge < -0.3 is 14.8 Å². The first-order valence-electron chi connectivity index (χ1n) is 9.24. The molecule has 0 aliphatic heterocycles. The summed E-state index contributed by atoms with van der Waals surface area (Å²) in [4.78, 5) is 17.0. The predicted molar refractivity (Wildman–Crippen MR) is 115 cm³/mol. The number of rotatable bonds is 4. The van der Waals surface area contributed by atoms with Crippen LogP contribution in [0.5, 0.6) is 5.75 Å². The number of hydrogen-bond donors (Lipinski definition) is 2. The number of phenolic OH excluding ortho intramolecular Hbond substituents is 1. The summed E-state index contributed by atoms with van der Waals surface area (Å²) in [7, 11) is 0. The van der Waals surface area contributed by atoms with E-state index in [0.717, 1.165) is 22.2 Å². The number of furan rings is 1. The van der Waals surface area contributed by atoms with Crippen LogP contribution in [0, 0.1) is 13.8 Å². The molecule has 0 unspecified atom stereocenters. The van der Waals surface area contributed by atoms with Gasteiger partial charge in [-0.1, -0.05) is 29.8 Å². The molecule has 0 fully saturated rings. The van der Waals surface area contributed by atoms with Crippen molar-refractivity contribution < 1.29 is 14.3 Å². The molecule has 5 heteroatoms. The highest BCUT2D eigenvalue weighted by molar-refractivity contribution is 6.05. The zero-order valence-electron chi connectivity index (χ0n) is 16.1. The highest BCUT2D eigenvalue weighted by atomic mass is 16.3. The molecule has 0 aliphatic carbocycles. The monoisotopic (exact) mass is 384 g/mol. The third-order valence-electron chi connectivity index (χ3n) is 4.64. The molecule has 0 atom stereocenters. The maximum atomic E-state index is 12.5. The topological polar surface area (TPSA) is 74.8 Å². The number of phenols is 1. The lowest BCUT2D eigenvalue weighted by Gasteiger charge is -2.08. The van der Waals surface area contributed by atoms with Crippen LogP contribution >= 0.6 is 0 Å². The van der Waals surface area contributed by atoms with Gasteiger partial charge in [-0.05, 0) is 61.9 Å². The highest BCUT2D eigenvalue weighted by Gasteiger charge is 2.13. The molecule has 0 bridgehead atoms. The van der Waals surface area contributed by atoms with E-state index in [9.17, 15) is 9.90 Å². The Morgan fingerprint density at radius 1 is 1.03 bits per heavy atom. The van der Waals surface area contributed by atoms with Gasteiger partial charge in [-0.25, -0.2) is 0 Å². The maximum absolute atomic E-state index is 12.5. The van der Waals surface area contributed by atoms with Gasteiger partial charge in [-0.3, -0.25) is 9.79 Å². The van der Waals surface area contributed by atoms with Crippen LogP contribution in [0.25, 0.3) is 11.0 Å². The van der Waals surface area contributed by atoms with Crippen molar-refractivity contribution in [3.63, 3.8) is 0 Å². The van der Waals surface area contributed by atoms with E-state index < -0.39 is 0 Å². The van der Waals surface area contributed by atoms with Gasteiger partial charge in [0.1, 0.15) is 11.3 Å². The standard InChI is InChI=1S/C24H20N2O3/c1-15-7-10-21(27)18(11-15)14-25-19-8-9-20(16(2)12-19)26-24(28)23-13-17-5-3-4-6-22(17)29-23/h3-14,27H,1-2H3,(H,26,28). The lowest BCUT2D eigenvalue weighted by molar-refractivity contribution is 0.0998. The van der Waals surface area contributed by atoms with Crippen LogP contribution in [0.1, 0.15) is 27.2 Å². The Morgan fingerprint density at radius 3 is 2.66 bits per heavy atom. The molecule has 0 saturated carbocycles. The summed E-state index contributed by atoms with van der Waals surface area (Å²) in [5.74, 6) is 0.152. The molecule has 4 rings (SSSR count). The van der Waals surface area contributed by atoms with Crippen molar-refractivity contribution in [2.45, 2.75) is 13.8 Å². The Bertz CT molecular complexity index is 1210. The summed E-state index contributed by atoms with van der Waals surface area (Å²) in [5.41, 5.74) is 4.67. The Balaban J connectivity index is 1.51. The third kappa shape index (κ3) is 4.04. The Labute approximate surface area is 168 Å². The molecule has 5 nitrogen and oxygen atoms in total. The van der Waals surface area contributed by atoms with Crippen LogP contribution in [0.4, 0.5) is 11.4 Å². The molecule has 4 aromatic rings. The summed E-state index contributed by atoms with van der Waals surface area (Å²) in [6.07, 6.45) is 1.63. The van der Waals surface area contributed by atoms with Gasteiger partial charge in [0.05, 0.1) is 5.69 Å². The summed E-state index contributed by atoms with van der Waals surface area (Å²) >= 11 is 0. The number of fused-ring (bicyclic) bond motifs is 1. The first-order chi connectivity index (χ1) is 14.0. The molecule has 0 saturated heterocycles. The van der Waals surface area contributed by atoms with Crippen molar-refractivity contribution >= 4 is 34.5 Å². The minimum atomic E-state index is -0.301. The van der Waals surface area contributed by atoms with E-state index in [1.807, 2.05) is 62.4 Å². The molecule has 1 aromatic heterocycles. The summed E-state index contributed by atoms with van der Waals surface area (Å²) < 4.78 is 5.61. The van der Waals surface area contributed by atoms with E-state index >= 15 is 0 Å². The fourth-order valence-electron chi connectivity index (χ4n) is 3.07. The molecule has 3 aromatic carbocycles. The molecule has 0 radical (unpaired) electrons. The maximum Gasteiger partial charge on any atom is 0.291 e. The molecule has 1 amide bonds. The number of nitrogens with one attached hydrogen (secondary N) is 1. The molecule has 0 aliphatic rings. The zero-order chi connectivity index (χ0) is 20.4. The van der Waals surface area contributed by atoms with Crippen molar-refractivity contribution in [1.29, 1.82) is 0 Å². The van der Waals surface area contributed by atoms with Gasteiger partial charge in [-0.15, -0.1) is 0 Å². The van der Waals surface area contributed by atoms with Gasteiger partial charge in [0, 0.05) is 22.9 Å². The number of aliphatic imine (C=N–C) groups is 1. The van der Waals surface area contributed by atoms with Crippen molar-refractivity contribution in [3.05, 3.63) is 89.2 Å². The van der Waals surface area contributed by atoms with Crippen LogP contribution in [0.3, 0.4) is 0 Å². The second-order valence-corrected chi connectivity index (χ2v) is 6.92. The number of carbonyl (C=O) groups excluding carboxylic acids is 1. The van der Waals surface area contributed by atoms with E-state index in [4.69, 9.17) is 4.42 Å². The molecule has 144 valence electrons. The Morgan fingerprint density at radius 2 is 1.86 bits per heavy atom. The van der Waals surface area contributed by atoms with Crippen molar-refractivity contribution in [1.82, 2.24) is 0 Å². The zero-order valence-corrected chi connectivity index (χ0v) is 16.1. The van der Waals surface area contributed by atoms with Crippen molar-refractivity contribution in [3.8, 4) is 5.75 Å². The summed E-state index contributed by atoms with van der Waals surface area (Å²) in [6.45, 7) is 3.86. The molecule has 1 heterocycles. The number of hydrogen-bond acceptors (Lipinski definition) is 4. The van der Waals surface area contributed by atoms with E-state index in [2.05, 4.69) is 10.3 Å². The summed E-state index contributed by atoms with van der Waals surface area (Å²) in [5, 5.41) is 13.7. The van der Waals surface area contributed by atoms with Gasteiger partial charge in [0.15, 0.2) is 5.76 Å². The largest absolute Gasteiger partial charge is 0.507 e. The van der Waals surface area contributed by atoms with Crippen molar-refractivity contribution in [2.24, 2.45) is 4.99 Å². The summed E-state index contributed by atoms with van der Waals surface area (Å²) in [6, 6.07) is 20.1. The molecule has 29 heavy (non-hydrogen) atoms. The fourth-order valence-corrected chi connectivity index (χ4v) is 3.07. The van der Waals surface area contributed by atoms with Gasteiger partial charge in [-0.2, -0.15) is 0 Å². The van der Waals surface area contributed by atoms with E-state index in [-0.39, 0.29) is 17.4 Å². The van der Waals surface area contributed by atoms with E-state index in [1.54, 1.807) is 24.4 Å². The van der Waals surface area contributed by atoms with Crippen molar-refractivity contribution in [2.75, 3.05) is 5.32 Å². The number of carbonyl (C=O) groups is 1. The van der Waals surface area contributed by atoms with Crippen LogP contribution in [0.15, 0.2) is 76.1 Å². The molecular formula is C24H20N2O3. The van der Waals surface area contributed by atoms with Crippen LogP contribution in [-0.4, -0.2) is 17.2 Å². The second-order valence-electron chi connectivity index (χ2n) is 6.92. The average Bonchev–Trinajstić information content (AvgIpc) is 3.15. The lowest BCUT2D eigenvalue weighted by Crippen LogP contribution is -2.11. The number of benzene rings is 3. The van der Waals surface area contributed by atoms with Crippen LogP contribution in [0.2, 0.25) is 0 Å². The van der Waals surface area contributed by atoms with Crippen LogP contribution < -0.4 is 5.32 Å². The number of anilines is 1. The smallest absolute Gasteiger partial charge is 0.291 e. The van der Waals surface area contributed by atoms with E-state index in [1.165, 1.54) is 0 Å². The average molecular weight is 384 g/mol. The third-order valence-corrected chi connectivity index (χ3v) is 4.64. The predicted octanol–water partition coefficient (Wildman–Crippen LogP) is 5.76. The number of amides is 1. The van der Waals surface area contributed by atoms with Crippen LogP contribution in [-0.2, 0) is 0 Å². The number of aromatic hydroxyl groups is 1. The number of para-hydroxylation sites is 1. The number of aryl methyl sites for hydroxylation is 2. The SMILES string of the molecule is Cc1ccc(O)c(C=Nc2ccc(NC(=O)c3cc4ccccc4o3)c(C)c2)c1. The molecule has 2 N–H and O–H groups in total.